The third kappa shape index (κ3) is 2.11. The Morgan fingerprint density at radius 3 is 2.43 bits per heavy atom. The summed E-state index contributed by atoms with van der Waals surface area (Å²) in [5.74, 6) is 0.718. The van der Waals surface area contributed by atoms with Crippen LogP contribution in [0.1, 0.15) is 0 Å². The first-order valence-electron chi connectivity index (χ1n) is 7.08. The lowest BCUT2D eigenvalue weighted by Crippen LogP contribution is -2.23. The number of para-hydroxylation sites is 2. The molecule has 0 aliphatic heterocycles. The number of hydrogen-bond acceptors (Lipinski definition) is 3. The lowest BCUT2D eigenvalue weighted by atomic mass is 10.2. The van der Waals surface area contributed by atoms with Gasteiger partial charge in [0.2, 0.25) is 0 Å². The second-order valence-corrected chi connectivity index (χ2v) is 5.41. The van der Waals surface area contributed by atoms with Gasteiger partial charge in [-0.1, -0.05) is 30.3 Å². The molecule has 0 aliphatic carbocycles. The summed E-state index contributed by atoms with van der Waals surface area (Å²) >= 11 is 5.62. The number of hydrogen-bond donors (Lipinski definition) is 1. The highest BCUT2D eigenvalue weighted by Gasteiger charge is 2.13. The Bertz CT molecular complexity index is 1100. The molecule has 2 heterocycles. The normalized spacial score (nSPS) is 11.0. The molecular formula is C17H12N4OS. The summed E-state index contributed by atoms with van der Waals surface area (Å²) in [6.07, 6.45) is 3.27. The fourth-order valence-electron chi connectivity index (χ4n) is 2.67. The molecule has 0 spiro atoms. The maximum absolute atomic E-state index is 12.9. The van der Waals surface area contributed by atoms with Crippen molar-refractivity contribution in [1.82, 2.24) is 19.1 Å². The van der Waals surface area contributed by atoms with Crippen LogP contribution in [0.15, 0.2) is 71.9 Å². The molecule has 0 fully saturated rings. The maximum Gasteiger partial charge on any atom is 0.266 e. The van der Waals surface area contributed by atoms with E-state index in [9.17, 15) is 4.79 Å². The largest absolute Gasteiger partial charge is 0.331 e. The van der Waals surface area contributed by atoms with Crippen molar-refractivity contribution in [3.8, 4) is 11.5 Å². The fourth-order valence-corrected chi connectivity index (χ4v) is 3.05. The van der Waals surface area contributed by atoms with Crippen molar-refractivity contribution < 1.29 is 0 Å². The minimum atomic E-state index is -0.132. The van der Waals surface area contributed by atoms with Gasteiger partial charge in [-0.3, -0.25) is 13.9 Å². The highest BCUT2D eigenvalue weighted by molar-refractivity contribution is 7.71. The number of H-pyrrole nitrogens is 1. The van der Waals surface area contributed by atoms with Crippen LogP contribution in [-0.4, -0.2) is 19.1 Å². The van der Waals surface area contributed by atoms with Crippen molar-refractivity contribution in [3.05, 3.63) is 82.2 Å². The first kappa shape index (κ1) is 13.7. The topological polar surface area (TPSA) is 55.6 Å². The minimum absolute atomic E-state index is 0.132. The number of rotatable bonds is 2. The molecule has 0 saturated carbocycles. The summed E-state index contributed by atoms with van der Waals surface area (Å²) in [4.78, 5) is 20.0. The van der Waals surface area contributed by atoms with E-state index in [1.54, 1.807) is 23.2 Å². The standard InChI is InChI=1S/C17H12N4OS/c22-16-13-8-4-5-9-14(13)21(15-10-18-11-19-15)17(23)20(16)12-6-2-1-3-7-12/h1-11H,(H,18,19). The van der Waals surface area contributed by atoms with Gasteiger partial charge in [0.25, 0.3) is 5.56 Å². The Hall–Kier alpha value is -2.99. The summed E-state index contributed by atoms with van der Waals surface area (Å²) in [6, 6.07) is 16.8. The number of benzene rings is 2. The molecule has 0 bridgehead atoms. The molecule has 0 radical (unpaired) electrons. The zero-order valence-corrected chi connectivity index (χ0v) is 12.8. The van der Waals surface area contributed by atoms with Crippen LogP contribution in [0.5, 0.6) is 0 Å². The van der Waals surface area contributed by atoms with E-state index in [0.29, 0.717) is 10.2 Å². The Labute approximate surface area is 136 Å². The minimum Gasteiger partial charge on any atom is -0.331 e. The zero-order valence-electron chi connectivity index (χ0n) is 12.0. The molecule has 112 valence electrons. The van der Waals surface area contributed by atoms with Crippen molar-refractivity contribution in [2.75, 3.05) is 0 Å². The maximum atomic E-state index is 12.9. The molecule has 23 heavy (non-hydrogen) atoms. The van der Waals surface area contributed by atoms with Crippen LogP contribution in [0.25, 0.3) is 22.4 Å². The van der Waals surface area contributed by atoms with Gasteiger partial charge in [0, 0.05) is 0 Å². The number of aromatic nitrogens is 4. The summed E-state index contributed by atoms with van der Waals surface area (Å²) in [5, 5.41) is 0.597. The Morgan fingerprint density at radius 2 is 1.70 bits per heavy atom. The molecule has 0 unspecified atom stereocenters. The van der Waals surface area contributed by atoms with Crippen molar-refractivity contribution in [3.63, 3.8) is 0 Å². The third-order valence-electron chi connectivity index (χ3n) is 3.70. The van der Waals surface area contributed by atoms with E-state index in [1.807, 2.05) is 53.1 Å². The van der Waals surface area contributed by atoms with E-state index in [-0.39, 0.29) is 5.56 Å². The molecule has 4 rings (SSSR count). The van der Waals surface area contributed by atoms with Gasteiger partial charge in [0.05, 0.1) is 29.1 Å². The summed E-state index contributed by atoms with van der Waals surface area (Å²) in [7, 11) is 0. The number of imidazole rings is 1. The summed E-state index contributed by atoms with van der Waals surface area (Å²) in [6.45, 7) is 0. The molecule has 6 heteroatoms. The van der Waals surface area contributed by atoms with E-state index in [4.69, 9.17) is 12.2 Å². The van der Waals surface area contributed by atoms with Crippen LogP contribution in [0.3, 0.4) is 0 Å². The third-order valence-corrected chi connectivity index (χ3v) is 4.07. The molecule has 0 atom stereocenters. The SMILES string of the molecule is O=c1c2ccccc2n(-c2cnc[nH]2)c(=S)n1-c1ccccc1. The zero-order chi connectivity index (χ0) is 15.8. The fraction of sp³-hybridized carbons (Fsp3) is 0. The van der Waals surface area contributed by atoms with E-state index >= 15 is 0 Å². The highest BCUT2D eigenvalue weighted by atomic mass is 32.1. The Kier molecular flexibility index (Phi) is 3.17. The molecule has 2 aromatic carbocycles. The van der Waals surface area contributed by atoms with Gasteiger partial charge in [-0.15, -0.1) is 0 Å². The average molecular weight is 320 g/mol. The van der Waals surface area contributed by atoms with Gasteiger partial charge >= 0.3 is 0 Å². The number of fused-ring (bicyclic) bond motifs is 1. The number of nitrogens with zero attached hydrogens (tertiary/aromatic N) is 3. The van der Waals surface area contributed by atoms with Gasteiger partial charge in [0.1, 0.15) is 5.82 Å². The van der Waals surface area contributed by atoms with E-state index < -0.39 is 0 Å². The first-order valence-corrected chi connectivity index (χ1v) is 7.49. The molecule has 0 aliphatic rings. The molecular weight excluding hydrogens is 308 g/mol. The van der Waals surface area contributed by atoms with E-state index in [1.165, 1.54) is 0 Å². The lowest BCUT2D eigenvalue weighted by molar-refractivity contribution is 0.862. The monoisotopic (exact) mass is 320 g/mol. The van der Waals surface area contributed by atoms with Gasteiger partial charge < -0.3 is 4.98 Å². The Balaban J connectivity index is 2.22. The van der Waals surface area contributed by atoms with Crippen LogP contribution >= 0.6 is 12.2 Å². The van der Waals surface area contributed by atoms with Crippen LogP contribution in [0.4, 0.5) is 0 Å². The van der Waals surface area contributed by atoms with E-state index in [2.05, 4.69) is 9.97 Å². The smallest absolute Gasteiger partial charge is 0.266 e. The molecule has 0 saturated heterocycles. The van der Waals surface area contributed by atoms with Crippen LogP contribution < -0.4 is 5.56 Å². The second kappa shape index (κ2) is 5.33. The second-order valence-electron chi connectivity index (χ2n) is 5.05. The van der Waals surface area contributed by atoms with Gasteiger partial charge in [-0.25, -0.2) is 4.98 Å². The number of aromatic amines is 1. The molecule has 0 amide bonds. The number of nitrogens with one attached hydrogen (secondary N) is 1. The molecule has 4 aromatic rings. The predicted octanol–water partition coefficient (Wildman–Crippen LogP) is 3.23. The van der Waals surface area contributed by atoms with Gasteiger partial charge in [-0.2, -0.15) is 0 Å². The van der Waals surface area contributed by atoms with E-state index in [0.717, 1.165) is 17.0 Å². The van der Waals surface area contributed by atoms with Crippen molar-refractivity contribution >= 4 is 23.1 Å². The van der Waals surface area contributed by atoms with Gasteiger partial charge in [-0.05, 0) is 36.5 Å². The highest BCUT2D eigenvalue weighted by Crippen LogP contribution is 2.17. The predicted molar refractivity (Wildman–Crippen MR) is 91.9 cm³/mol. The summed E-state index contributed by atoms with van der Waals surface area (Å²) in [5.41, 5.74) is 1.35. The molecule has 5 nitrogen and oxygen atoms in total. The van der Waals surface area contributed by atoms with Crippen molar-refractivity contribution in [1.29, 1.82) is 0 Å². The van der Waals surface area contributed by atoms with Crippen LogP contribution in [0.2, 0.25) is 0 Å². The Morgan fingerprint density at radius 1 is 0.957 bits per heavy atom. The van der Waals surface area contributed by atoms with Crippen LogP contribution in [0, 0.1) is 4.77 Å². The summed E-state index contributed by atoms with van der Waals surface area (Å²) < 4.78 is 3.76. The van der Waals surface area contributed by atoms with Crippen molar-refractivity contribution in [2.45, 2.75) is 0 Å². The van der Waals surface area contributed by atoms with Crippen LogP contribution in [-0.2, 0) is 0 Å². The van der Waals surface area contributed by atoms with Crippen molar-refractivity contribution in [2.24, 2.45) is 0 Å². The van der Waals surface area contributed by atoms with Gasteiger partial charge in [0.15, 0.2) is 4.77 Å². The quantitative estimate of drug-likeness (QED) is 0.577. The molecule has 1 N–H and O–H groups in total. The first-order chi connectivity index (χ1) is 11.3. The lowest BCUT2D eigenvalue weighted by Gasteiger charge is -2.14. The average Bonchev–Trinajstić information content (AvgIpc) is 3.10. The molecule has 2 aromatic heterocycles.